The van der Waals surface area contributed by atoms with Crippen molar-refractivity contribution in [2.75, 3.05) is 12.0 Å². The number of methoxy groups -OCH3 is 1. The molecule has 6 heteroatoms. The fourth-order valence-corrected chi connectivity index (χ4v) is 2.88. The van der Waals surface area contributed by atoms with Crippen molar-refractivity contribution in [1.29, 1.82) is 0 Å². The summed E-state index contributed by atoms with van der Waals surface area (Å²) in [6.45, 7) is 1.81. The fourth-order valence-electron chi connectivity index (χ4n) is 2.53. The number of imide groups is 1. The molecule has 0 fully saturated rings. The van der Waals surface area contributed by atoms with Crippen molar-refractivity contribution in [3.8, 4) is 0 Å². The van der Waals surface area contributed by atoms with E-state index in [0.29, 0.717) is 15.6 Å². The lowest BCUT2D eigenvalue weighted by atomic mass is 10.1. The van der Waals surface area contributed by atoms with Gasteiger partial charge in [-0.05, 0) is 36.8 Å². The summed E-state index contributed by atoms with van der Waals surface area (Å²) in [6, 6.07) is 9.76. The Bertz CT molecular complexity index is 825. The van der Waals surface area contributed by atoms with Crippen LogP contribution in [0.2, 0.25) is 0 Å². The first kappa shape index (κ1) is 15.4. The van der Waals surface area contributed by atoms with Gasteiger partial charge in [0.05, 0.1) is 29.5 Å². The molecule has 0 saturated carbocycles. The van der Waals surface area contributed by atoms with Crippen molar-refractivity contribution in [2.24, 2.45) is 0 Å². The molecular weight excluding hydrogens is 362 g/mol. The van der Waals surface area contributed by atoms with E-state index in [1.807, 2.05) is 6.92 Å². The van der Waals surface area contributed by atoms with E-state index in [0.717, 1.165) is 10.5 Å². The third-order valence-corrected chi connectivity index (χ3v) is 4.57. The number of halogens is 1. The smallest absolute Gasteiger partial charge is 0.340 e. The maximum Gasteiger partial charge on any atom is 0.340 e. The molecule has 2 aromatic rings. The SMILES string of the molecule is COC(=O)c1cc(Br)c(C)cc1N1C(=O)c2ccccc2C1=O. The highest BCUT2D eigenvalue weighted by Crippen LogP contribution is 2.34. The van der Waals surface area contributed by atoms with Gasteiger partial charge in [0, 0.05) is 4.47 Å². The quantitative estimate of drug-likeness (QED) is 0.598. The molecule has 0 aliphatic carbocycles. The molecule has 2 amide bonds. The predicted molar refractivity (Wildman–Crippen MR) is 87.8 cm³/mol. The molecule has 116 valence electrons. The standard InChI is InChI=1S/C17H12BrNO4/c1-9-7-14(12(8-13(9)18)17(22)23-2)19-15(20)10-5-3-4-6-11(10)16(19)21/h3-8H,1-2H3. The normalized spacial score (nSPS) is 13.3. The summed E-state index contributed by atoms with van der Waals surface area (Å²) >= 11 is 3.35. The van der Waals surface area contributed by atoms with Gasteiger partial charge in [-0.3, -0.25) is 9.59 Å². The number of ether oxygens (including phenoxy) is 1. The maximum atomic E-state index is 12.6. The number of amides is 2. The Labute approximate surface area is 141 Å². The summed E-state index contributed by atoms with van der Waals surface area (Å²) in [5, 5.41) is 0. The molecule has 0 saturated heterocycles. The largest absolute Gasteiger partial charge is 0.465 e. The van der Waals surface area contributed by atoms with E-state index < -0.39 is 17.8 Å². The van der Waals surface area contributed by atoms with Crippen LogP contribution >= 0.6 is 15.9 Å². The van der Waals surface area contributed by atoms with Gasteiger partial charge >= 0.3 is 5.97 Å². The second-order valence-corrected chi connectivity index (χ2v) is 5.96. The molecular formula is C17H12BrNO4. The first-order valence-electron chi connectivity index (χ1n) is 6.82. The molecule has 0 radical (unpaired) electrons. The zero-order valence-electron chi connectivity index (χ0n) is 12.4. The van der Waals surface area contributed by atoms with Gasteiger partial charge in [-0.2, -0.15) is 0 Å². The number of hydrogen-bond acceptors (Lipinski definition) is 4. The Morgan fingerprint density at radius 2 is 1.65 bits per heavy atom. The summed E-state index contributed by atoms with van der Waals surface area (Å²) in [5.41, 5.74) is 1.83. The summed E-state index contributed by atoms with van der Waals surface area (Å²) in [5.74, 6) is -1.51. The summed E-state index contributed by atoms with van der Waals surface area (Å²) in [7, 11) is 1.25. The van der Waals surface area contributed by atoms with Crippen LogP contribution < -0.4 is 4.90 Å². The average Bonchev–Trinajstić information content (AvgIpc) is 2.81. The molecule has 0 aromatic heterocycles. The minimum atomic E-state index is -0.614. The maximum absolute atomic E-state index is 12.6. The van der Waals surface area contributed by atoms with Gasteiger partial charge in [-0.1, -0.05) is 28.1 Å². The molecule has 0 bridgehead atoms. The Balaban J connectivity index is 2.20. The first-order chi connectivity index (χ1) is 11.0. The number of rotatable bonds is 2. The lowest BCUT2D eigenvalue weighted by Gasteiger charge is -2.18. The molecule has 2 aromatic carbocycles. The highest BCUT2D eigenvalue weighted by Gasteiger charge is 2.38. The highest BCUT2D eigenvalue weighted by molar-refractivity contribution is 9.10. The first-order valence-corrected chi connectivity index (χ1v) is 7.61. The summed E-state index contributed by atoms with van der Waals surface area (Å²) in [4.78, 5) is 38.3. The number of benzene rings is 2. The van der Waals surface area contributed by atoms with Crippen LogP contribution in [0.4, 0.5) is 5.69 Å². The van der Waals surface area contributed by atoms with Crippen LogP contribution in [0.5, 0.6) is 0 Å². The van der Waals surface area contributed by atoms with E-state index in [1.54, 1.807) is 36.4 Å². The minimum Gasteiger partial charge on any atom is -0.465 e. The van der Waals surface area contributed by atoms with Crippen LogP contribution in [0.1, 0.15) is 36.6 Å². The van der Waals surface area contributed by atoms with E-state index in [9.17, 15) is 14.4 Å². The molecule has 5 nitrogen and oxygen atoms in total. The third-order valence-electron chi connectivity index (χ3n) is 3.72. The Morgan fingerprint density at radius 1 is 1.09 bits per heavy atom. The third kappa shape index (κ3) is 2.35. The number of nitrogens with zero attached hydrogens (tertiary/aromatic N) is 1. The van der Waals surface area contributed by atoms with Crippen LogP contribution in [-0.2, 0) is 4.74 Å². The molecule has 1 aliphatic rings. The molecule has 0 N–H and O–H groups in total. The van der Waals surface area contributed by atoms with Gasteiger partial charge in [-0.15, -0.1) is 0 Å². The number of carbonyl (C=O) groups is 3. The Morgan fingerprint density at radius 3 is 2.17 bits per heavy atom. The van der Waals surface area contributed by atoms with Gasteiger partial charge in [0.2, 0.25) is 0 Å². The number of carbonyl (C=O) groups excluding carboxylic acids is 3. The topological polar surface area (TPSA) is 63.7 Å². The lowest BCUT2D eigenvalue weighted by Crippen LogP contribution is -2.31. The van der Waals surface area contributed by atoms with Gasteiger partial charge in [-0.25, -0.2) is 9.69 Å². The molecule has 1 heterocycles. The molecule has 1 aliphatic heterocycles. The molecule has 0 atom stereocenters. The lowest BCUT2D eigenvalue weighted by molar-refractivity contribution is 0.0601. The molecule has 0 unspecified atom stereocenters. The van der Waals surface area contributed by atoms with Crippen molar-refractivity contribution < 1.29 is 19.1 Å². The van der Waals surface area contributed by atoms with Gasteiger partial charge in [0.25, 0.3) is 11.8 Å². The zero-order valence-corrected chi connectivity index (χ0v) is 14.0. The zero-order chi connectivity index (χ0) is 16.7. The van der Waals surface area contributed by atoms with E-state index in [-0.39, 0.29) is 11.3 Å². The Kier molecular flexibility index (Phi) is 3.77. The second kappa shape index (κ2) is 5.62. The van der Waals surface area contributed by atoms with Crippen LogP contribution in [0.3, 0.4) is 0 Å². The number of fused-ring (bicyclic) bond motifs is 1. The predicted octanol–water partition coefficient (Wildman–Crippen LogP) is 3.34. The highest BCUT2D eigenvalue weighted by atomic mass is 79.9. The fraction of sp³-hybridized carbons (Fsp3) is 0.118. The van der Waals surface area contributed by atoms with E-state index in [4.69, 9.17) is 4.74 Å². The number of aryl methyl sites for hydroxylation is 1. The van der Waals surface area contributed by atoms with Gasteiger partial charge in [0.1, 0.15) is 0 Å². The van der Waals surface area contributed by atoms with Gasteiger partial charge < -0.3 is 4.74 Å². The molecule has 23 heavy (non-hydrogen) atoms. The molecule has 0 spiro atoms. The summed E-state index contributed by atoms with van der Waals surface area (Å²) < 4.78 is 5.46. The van der Waals surface area contributed by atoms with Crippen molar-refractivity contribution in [2.45, 2.75) is 6.92 Å². The number of esters is 1. The monoisotopic (exact) mass is 373 g/mol. The van der Waals surface area contributed by atoms with E-state index in [2.05, 4.69) is 15.9 Å². The average molecular weight is 374 g/mol. The summed E-state index contributed by atoms with van der Waals surface area (Å²) in [6.07, 6.45) is 0. The van der Waals surface area contributed by atoms with Crippen molar-refractivity contribution >= 4 is 39.4 Å². The van der Waals surface area contributed by atoms with Crippen molar-refractivity contribution in [3.05, 3.63) is 63.1 Å². The van der Waals surface area contributed by atoms with Crippen LogP contribution in [0, 0.1) is 6.92 Å². The van der Waals surface area contributed by atoms with Gasteiger partial charge in [0.15, 0.2) is 0 Å². The van der Waals surface area contributed by atoms with Crippen LogP contribution in [-0.4, -0.2) is 24.9 Å². The van der Waals surface area contributed by atoms with E-state index >= 15 is 0 Å². The van der Waals surface area contributed by atoms with Crippen LogP contribution in [0.25, 0.3) is 0 Å². The number of hydrogen-bond donors (Lipinski definition) is 0. The minimum absolute atomic E-state index is 0.152. The molecule has 3 rings (SSSR count). The van der Waals surface area contributed by atoms with Crippen molar-refractivity contribution in [1.82, 2.24) is 0 Å². The number of anilines is 1. The van der Waals surface area contributed by atoms with Crippen molar-refractivity contribution in [3.63, 3.8) is 0 Å². The van der Waals surface area contributed by atoms with E-state index in [1.165, 1.54) is 7.11 Å². The second-order valence-electron chi connectivity index (χ2n) is 5.10. The Hall–Kier alpha value is -2.47. The van der Waals surface area contributed by atoms with Crippen LogP contribution in [0.15, 0.2) is 40.9 Å².